The molecular formula is C20H21ClN2O2. The van der Waals surface area contributed by atoms with Crippen LogP contribution in [-0.4, -0.2) is 11.8 Å². The molecule has 0 spiro atoms. The predicted molar refractivity (Wildman–Crippen MR) is 101 cm³/mol. The smallest absolute Gasteiger partial charge is 0.308 e. The molecule has 3 rings (SSSR count). The monoisotopic (exact) mass is 356 g/mol. The van der Waals surface area contributed by atoms with E-state index in [2.05, 4.69) is 17.6 Å². The fraction of sp³-hybridized carbons (Fsp3) is 0.300. The summed E-state index contributed by atoms with van der Waals surface area (Å²) in [4.78, 5) is 24.4. The number of benzene rings is 2. The van der Waals surface area contributed by atoms with Gasteiger partial charge in [0.2, 0.25) is 0 Å². The van der Waals surface area contributed by atoms with E-state index in [-0.39, 0.29) is 11.9 Å². The Balaban J connectivity index is 1.69. The summed E-state index contributed by atoms with van der Waals surface area (Å²) in [5, 5.41) is 6.20. The number of aryl methyl sites for hydroxylation is 1. The second kappa shape index (κ2) is 7.70. The Hall–Kier alpha value is -2.33. The minimum atomic E-state index is -0.325. The van der Waals surface area contributed by atoms with Gasteiger partial charge in [-0.1, -0.05) is 24.6 Å². The number of hydrogen-bond acceptors (Lipinski definition) is 2. The number of hydrogen-bond donors (Lipinski definition) is 2. The quantitative estimate of drug-likeness (QED) is 0.754. The van der Waals surface area contributed by atoms with Gasteiger partial charge in [-0.25, -0.2) is 4.79 Å². The molecular weight excluding hydrogens is 336 g/mol. The van der Waals surface area contributed by atoms with E-state index in [9.17, 15) is 9.59 Å². The van der Waals surface area contributed by atoms with E-state index in [1.165, 1.54) is 5.56 Å². The molecule has 0 aromatic heterocycles. The minimum Gasteiger partial charge on any atom is -0.308 e. The van der Waals surface area contributed by atoms with Crippen molar-refractivity contribution >= 4 is 34.8 Å². The fourth-order valence-electron chi connectivity index (χ4n) is 3.19. The highest BCUT2D eigenvalue weighted by molar-refractivity contribution is 6.30. The molecule has 1 aliphatic carbocycles. The molecule has 2 aromatic rings. The molecule has 5 heteroatoms. The van der Waals surface area contributed by atoms with Crippen molar-refractivity contribution in [3.05, 3.63) is 58.6 Å². The number of carbonyl (C=O) groups excluding carboxylic acids is 2. The van der Waals surface area contributed by atoms with E-state index in [0.717, 1.165) is 24.8 Å². The third kappa shape index (κ3) is 4.40. The Morgan fingerprint density at radius 3 is 2.48 bits per heavy atom. The average molecular weight is 357 g/mol. The second-order valence-corrected chi connectivity index (χ2v) is 6.79. The molecule has 0 saturated carbocycles. The van der Waals surface area contributed by atoms with Crippen LogP contribution in [-0.2, 0) is 17.6 Å². The van der Waals surface area contributed by atoms with Crippen molar-refractivity contribution in [2.45, 2.75) is 32.6 Å². The van der Waals surface area contributed by atoms with Crippen LogP contribution in [0.15, 0.2) is 42.5 Å². The highest BCUT2D eigenvalue weighted by atomic mass is 35.5. The molecule has 1 atom stereocenters. The van der Waals surface area contributed by atoms with Crippen LogP contribution in [0.3, 0.4) is 0 Å². The van der Waals surface area contributed by atoms with Gasteiger partial charge in [-0.05, 0) is 66.8 Å². The van der Waals surface area contributed by atoms with Crippen LogP contribution < -0.4 is 10.6 Å². The number of fused-ring (bicyclic) bond motifs is 1. The van der Waals surface area contributed by atoms with E-state index in [4.69, 9.17) is 11.6 Å². The van der Waals surface area contributed by atoms with Crippen molar-refractivity contribution in [3.63, 3.8) is 0 Å². The van der Waals surface area contributed by atoms with Crippen molar-refractivity contribution in [2.75, 3.05) is 10.6 Å². The molecule has 1 aliphatic rings. The van der Waals surface area contributed by atoms with E-state index >= 15 is 0 Å². The van der Waals surface area contributed by atoms with Gasteiger partial charge < -0.3 is 10.6 Å². The molecule has 2 N–H and O–H groups in total. The largest absolute Gasteiger partial charge is 0.323 e. The molecule has 0 fully saturated rings. The van der Waals surface area contributed by atoms with Crippen molar-refractivity contribution in [2.24, 2.45) is 5.92 Å². The van der Waals surface area contributed by atoms with Gasteiger partial charge in [-0.2, -0.15) is 0 Å². The zero-order valence-corrected chi connectivity index (χ0v) is 14.9. The van der Waals surface area contributed by atoms with Gasteiger partial charge in [0.05, 0.1) is 0 Å². The first-order valence-electron chi connectivity index (χ1n) is 8.53. The standard InChI is InChI=1S/C20H21ClN2O2/c1-2-13-3-4-14-5-8-18(11-15(14)12-19(13)24)23-20(25)22-17-9-6-16(21)7-10-17/h5-11,13H,2-4,12H2,1H3,(H2,22,23,25). The van der Waals surface area contributed by atoms with Crippen LogP contribution in [0.5, 0.6) is 0 Å². The Bertz CT molecular complexity index is 787. The van der Waals surface area contributed by atoms with Crippen molar-refractivity contribution in [3.8, 4) is 0 Å². The summed E-state index contributed by atoms with van der Waals surface area (Å²) in [5.74, 6) is 0.445. The zero-order chi connectivity index (χ0) is 17.8. The second-order valence-electron chi connectivity index (χ2n) is 6.36. The first kappa shape index (κ1) is 17.5. The first-order valence-corrected chi connectivity index (χ1v) is 8.91. The summed E-state index contributed by atoms with van der Waals surface area (Å²) in [5.41, 5.74) is 3.57. The molecule has 2 aromatic carbocycles. The third-order valence-electron chi connectivity index (χ3n) is 4.64. The van der Waals surface area contributed by atoms with Gasteiger partial charge in [-0.15, -0.1) is 0 Å². The van der Waals surface area contributed by atoms with Crippen LogP contribution in [0.1, 0.15) is 30.9 Å². The maximum absolute atomic E-state index is 12.3. The summed E-state index contributed by atoms with van der Waals surface area (Å²) in [6.07, 6.45) is 3.16. The lowest BCUT2D eigenvalue weighted by atomic mass is 9.96. The number of halogens is 1. The van der Waals surface area contributed by atoms with E-state index < -0.39 is 0 Å². The number of anilines is 2. The molecule has 0 saturated heterocycles. The minimum absolute atomic E-state index is 0.150. The van der Waals surface area contributed by atoms with Crippen LogP contribution in [0.2, 0.25) is 5.02 Å². The normalized spacial score (nSPS) is 16.7. The van der Waals surface area contributed by atoms with Gasteiger partial charge in [-0.3, -0.25) is 4.79 Å². The molecule has 0 heterocycles. The lowest BCUT2D eigenvalue weighted by Gasteiger charge is -2.11. The highest BCUT2D eigenvalue weighted by Gasteiger charge is 2.22. The number of amides is 2. The number of nitrogens with one attached hydrogen (secondary N) is 2. The Morgan fingerprint density at radius 2 is 1.76 bits per heavy atom. The van der Waals surface area contributed by atoms with E-state index in [1.54, 1.807) is 24.3 Å². The van der Waals surface area contributed by atoms with Gasteiger partial charge in [0, 0.05) is 28.7 Å². The summed E-state index contributed by atoms with van der Waals surface area (Å²) in [6.45, 7) is 2.06. The molecule has 2 amide bonds. The van der Waals surface area contributed by atoms with Crippen LogP contribution in [0.4, 0.5) is 16.2 Å². The lowest BCUT2D eigenvalue weighted by molar-refractivity contribution is -0.122. The van der Waals surface area contributed by atoms with Gasteiger partial charge >= 0.3 is 6.03 Å². The molecule has 25 heavy (non-hydrogen) atoms. The fourth-order valence-corrected chi connectivity index (χ4v) is 3.32. The maximum atomic E-state index is 12.3. The topological polar surface area (TPSA) is 58.2 Å². The Morgan fingerprint density at radius 1 is 1.08 bits per heavy atom. The van der Waals surface area contributed by atoms with Crippen LogP contribution in [0, 0.1) is 5.92 Å². The predicted octanol–water partition coefficient (Wildman–Crippen LogP) is 5.07. The Kier molecular flexibility index (Phi) is 5.39. The molecule has 0 bridgehead atoms. The van der Waals surface area contributed by atoms with Gasteiger partial charge in [0.1, 0.15) is 5.78 Å². The van der Waals surface area contributed by atoms with Crippen LogP contribution in [0.25, 0.3) is 0 Å². The molecule has 0 radical (unpaired) electrons. The van der Waals surface area contributed by atoms with Crippen molar-refractivity contribution in [1.29, 1.82) is 0 Å². The molecule has 1 unspecified atom stereocenters. The third-order valence-corrected chi connectivity index (χ3v) is 4.89. The SMILES string of the molecule is CCC1CCc2ccc(NC(=O)Nc3ccc(Cl)cc3)cc2CC1=O. The zero-order valence-electron chi connectivity index (χ0n) is 14.1. The highest BCUT2D eigenvalue weighted by Crippen LogP contribution is 2.26. The van der Waals surface area contributed by atoms with Crippen molar-refractivity contribution < 1.29 is 9.59 Å². The summed E-state index contributed by atoms with van der Waals surface area (Å²) in [6, 6.07) is 12.4. The van der Waals surface area contributed by atoms with Gasteiger partial charge in [0.15, 0.2) is 0 Å². The number of Topliss-reactive ketones (excluding diaryl/α,β-unsaturated/α-hetero) is 1. The number of carbonyl (C=O) groups is 2. The summed E-state index contributed by atoms with van der Waals surface area (Å²) < 4.78 is 0. The first-order chi connectivity index (χ1) is 12.0. The number of ketones is 1. The van der Waals surface area contributed by atoms with Crippen molar-refractivity contribution in [1.82, 2.24) is 0 Å². The maximum Gasteiger partial charge on any atom is 0.323 e. The van der Waals surface area contributed by atoms with Gasteiger partial charge in [0.25, 0.3) is 0 Å². The van der Waals surface area contributed by atoms with E-state index in [0.29, 0.717) is 28.6 Å². The summed E-state index contributed by atoms with van der Waals surface area (Å²) >= 11 is 5.84. The molecule has 130 valence electrons. The van der Waals surface area contributed by atoms with Crippen LogP contribution >= 0.6 is 11.6 Å². The summed E-state index contributed by atoms with van der Waals surface area (Å²) in [7, 11) is 0. The van der Waals surface area contributed by atoms with E-state index in [1.807, 2.05) is 18.2 Å². The molecule has 0 aliphatic heterocycles. The Labute approximate surface area is 152 Å². The number of rotatable bonds is 3. The average Bonchev–Trinajstić information content (AvgIpc) is 2.74. The lowest BCUT2D eigenvalue weighted by Crippen LogP contribution is -2.19. The number of urea groups is 1. The molecule has 4 nitrogen and oxygen atoms in total.